The van der Waals surface area contributed by atoms with Crippen molar-refractivity contribution in [1.29, 1.82) is 0 Å². The summed E-state index contributed by atoms with van der Waals surface area (Å²) in [5.74, 6) is 5.98. The topological polar surface area (TPSA) is 0 Å². The van der Waals surface area contributed by atoms with Gasteiger partial charge in [-0.15, -0.1) is 7.53 Å². The predicted molar refractivity (Wildman–Crippen MR) is 60.4 cm³/mol. The Hall–Kier alpha value is -0.740. The van der Waals surface area contributed by atoms with E-state index in [9.17, 15) is 0 Å². The van der Waals surface area contributed by atoms with Gasteiger partial charge in [0.2, 0.25) is 0 Å². The summed E-state index contributed by atoms with van der Waals surface area (Å²) in [6.45, 7) is 2.25. The molecule has 0 fully saturated rings. The second kappa shape index (κ2) is 3.98. The summed E-state index contributed by atoms with van der Waals surface area (Å²) in [7, 11) is -0.0529. The van der Waals surface area contributed by atoms with Gasteiger partial charge in [0, 0.05) is 5.80 Å². The molecule has 0 aliphatic rings. The molecule has 0 nitrogen and oxygen atoms in total. The zero-order valence-electron chi connectivity index (χ0n) is 7.96. The van der Waals surface area contributed by atoms with Crippen LogP contribution in [0.15, 0.2) is 30.1 Å². The number of rotatable bonds is 3. The van der Waals surface area contributed by atoms with E-state index in [1.807, 2.05) is 0 Å². The van der Waals surface area contributed by atoms with Crippen molar-refractivity contribution in [1.82, 2.24) is 0 Å². The normalized spacial score (nSPS) is 10.8. The number of aryl methyl sites for hydroxylation is 1. The average molecular weight is 189 g/mol. The fourth-order valence-corrected chi connectivity index (χ4v) is 3.55. The van der Waals surface area contributed by atoms with Crippen molar-refractivity contribution in [2.75, 3.05) is 0 Å². The molecule has 1 heterocycles. The van der Waals surface area contributed by atoms with Crippen molar-refractivity contribution >= 4 is 18.3 Å². The van der Waals surface area contributed by atoms with Crippen LogP contribution < -0.4 is 0 Å². The maximum atomic E-state index is 3.58. The first-order valence-electron chi connectivity index (χ1n) is 4.87. The van der Waals surface area contributed by atoms with Gasteiger partial charge in [-0.3, -0.25) is 0 Å². The Morgan fingerprint density at radius 1 is 1.31 bits per heavy atom. The summed E-state index contributed by atoms with van der Waals surface area (Å²) in [5, 5.41) is 2.72. The van der Waals surface area contributed by atoms with Gasteiger partial charge in [0.25, 0.3) is 0 Å². The maximum absolute atomic E-state index is 3.58. The van der Waals surface area contributed by atoms with Crippen molar-refractivity contribution in [2.45, 2.75) is 25.9 Å². The smallest absolute Gasteiger partial charge is 0.0136 e. The Labute approximate surface area is 80.6 Å². The van der Waals surface area contributed by atoms with Gasteiger partial charge in [-0.2, -0.15) is 0 Å². The molecule has 1 radical (unpaired) electrons. The molecule has 2 aromatic rings. The highest BCUT2D eigenvalue weighted by molar-refractivity contribution is 7.48. The van der Waals surface area contributed by atoms with E-state index in [2.05, 4.69) is 42.8 Å². The Kier molecular flexibility index (Phi) is 2.71. The van der Waals surface area contributed by atoms with Crippen LogP contribution in [-0.4, -0.2) is 0 Å². The van der Waals surface area contributed by atoms with Crippen molar-refractivity contribution in [2.24, 2.45) is 0 Å². The SMILES string of the molecule is CCCCp1[c]c2ccccc2c1. The summed E-state index contributed by atoms with van der Waals surface area (Å²) < 4.78 is 0. The minimum atomic E-state index is -0.0529. The number of hydrogen-bond donors (Lipinski definition) is 0. The van der Waals surface area contributed by atoms with Crippen LogP contribution in [0.2, 0.25) is 0 Å². The van der Waals surface area contributed by atoms with Crippen molar-refractivity contribution in [3.05, 3.63) is 35.9 Å². The van der Waals surface area contributed by atoms with Crippen LogP contribution in [0.3, 0.4) is 0 Å². The van der Waals surface area contributed by atoms with Crippen molar-refractivity contribution < 1.29 is 0 Å². The molecule has 1 heteroatoms. The lowest BCUT2D eigenvalue weighted by Gasteiger charge is -1.92. The van der Waals surface area contributed by atoms with Gasteiger partial charge in [-0.05, 0) is 29.2 Å². The maximum Gasteiger partial charge on any atom is 0.0136 e. The summed E-state index contributed by atoms with van der Waals surface area (Å²) in [4.78, 5) is 0. The van der Waals surface area contributed by atoms with Gasteiger partial charge in [-0.1, -0.05) is 37.6 Å². The van der Waals surface area contributed by atoms with Crippen LogP contribution in [0.25, 0.3) is 10.8 Å². The third-order valence-corrected chi connectivity index (χ3v) is 4.19. The second-order valence-corrected chi connectivity index (χ2v) is 5.24. The molecule has 1 unspecified atom stereocenters. The van der Waals surface area contributed by atoms with E-state index < -0.39 is 0 Å². The van der Waals surface area contributed by atoms with Crippen LogP contribution >= 0.6 is 7.53 Å². The molecule has 0 amide bonds. The van der Waals surface area contributed by atoms with E-state index in [0.29, 0.717) is 0 Å². The molecule has 0 N–H and O–H groups in total. The first kappa shape index (κ1) is 8.84. The minimum absolute atomic E-state index is 0.0529. The minimum Gasteiger partial charge on any atom is -0.115 e. The molecule has 67 valence electrons. The molecule has 0 saturated heterocycles. The zero-order valence-corrected chi connectivity index (χ0v) is 8.85. The van der Waals surface area contributed by atoms with Gasteiger partial charge in [0.15, 0.2) is 0 Å². The predicted octanol–water partition coefficient (Wildman–Crippen LogP) is 4.43. The number of unbranched alkanes of at least 4 members (excludes halogenated alkanes) is 1. The van der Waals surface area contributed by atoms with E-state index in [1.165, 1.54) is 29.8 Å². The largest absolute Gasteiger partial charge is 0.115 e. The monoisotopic (exact) mass is 189 g/mol. The highest BCUT2D eigenvalue weighted by Crippen LogP contribution is 2.35. The molecular weight excluding hydrogens is 175 g/mol. The lowest BCUT2D eigenvalue weighted by atomic mass is 10.2. The highest BCUT2D eigenvalue weighted by Gasteiger charge is 1.98. The van der Waals surface area contributed by atoms with E-state index in [4.69, 9.17) is 0 Å². The van der Waals surface area contributed by atoms with E-state index in [0.717, 1.165) is 0 Å². The van der Waals surface area contributed by atoms with Gasteiger partial charge in [0.05, 0.1) is 0 Å². The molecule has 2 rings (SSSR count). The molecular formula is C12H14P. The summed E-state index contributed by atoms with van der Waals surface area (Å²) in [6, 6.07) is 8.56. The van der Waals surface area contributed by atoms with Gasteiger partial charge in [-0.25, -0.2) is 0 Å². The Morgan fingerprint density at radius 2 is 2.15 bits per heavy atom. The number of hydrogen-bond acceptors (Lipinski definition) is 0. The molecule has 0 bridgehead atoms. The number of fused-ring (bicyclic) bond motifs is 1. The second-order valence-electron chi connectivity index (χ2n) is 3.38. The summed E-state index contributed by atoms with van der Waals surface area (Å²) >= 11 is 0. The quantitative estimate of drug-likeness (QED) is 0.670. The Morgan fingerprint density at radius 3 is 2.92 bits per heavy atom. The fraction of sp³-hybridized carbons (Fsp3) is 0.333. The van der Waals surface area contributed by atoms with Crippen LogP contribution in [0.4, 0.5) is 0 Å². The highest BCUT2D eigenvalue weighted by atomic mass is 31.1. The van der Waals surface area contributed by atoms with E-state index in [-0.39, 0.29) is 7.53 Å². The molecule has 0 aliphatic carbocycles. The molecule has 1 aromatic heterocycles. The molecule has 1 aromatic carbocycles. The average Bonchev–Trinajstić information content (AvgIpc) is 2.57. The third kappa shape index (κ3) is 1.95. The lowest BCUT2D eigenvalue weighted by Crippen LogP contribution is -1.66. The lowest BCUT2D eigenvalue weighted by molar-refractivity contribution is 0.855. The Bertz CT molecular complexity index is 354. The summed E-state index contributed by atoms with van der Waals surface area (Å²) in [5.41, 5.74) is 0. The third-order valence-electron chi connectivity index (χ3n) is 2.27. The molecule has 13 heavy (non-hydrogen) atoms. The molecule has 0 saturated carbocycles. The molecule has 0 aliphatic heterocycles. The van der Waals surface area contributed by atoms with Gasteiger partial charge >= 0.3 is 0 Å². The Balaban J connectivity index is 2.28. The first-order chi connectivity index (χ1) is 6.40. The van der Waals surface area contributed by atoms with Crippen LogP contribution in [0, 0.1) is 5.80 Å². The van der Waals surface area contributed by atoms with Crippen LogP contribution in [0.1, 0.15) is 19.8 Å². The van der Waals surface area contributed by atoms with E-state index in [1.54, 1.807) is 0 Å². The van der Waals surface area contributed by atoms with Gasteiger partial charge < -0.3 is 0 Å². The van der Waals surface area contributed by atoms with Crippen molar-refractivity contribution in [3.8, 4) is 0 Å². The molecule has 1 atom stereocenters. The standard InChI is InChI=1S/C12H14P/c1-2-3-8-13-9-11-6-4-5-7-12(11)10-13/h4-7,9H,2-3,8H2,1H3. The van der Waals surface area contributed by atoms with E-state index >= 15 is 0 Å². The van der Waals surface area contributed by atoms with Crippen LogP contribution in [-0.2, 0) is 6.16 Å². The zero-order chi connectivity index (χ0) is 9.10. The number of benzene rings is 1. The fourth-order valence-electron chi connectivity index (χ4n) is 1.52. The van der Waals surface area contributed by atoms with Gasteiger partial charge in [0.1, 0.15) is 0 Å². The van der Waals surface area contributed by atoms with Crippen molar-refractivity contribution in [3.63, 3.8) is 0 Å². The molecule has 0 spiro atoms. The summed E-state index contributed by atoms with van der Waals surface area (Å²) in [6.07, 6.45) is 3.95. The van der Waals surface area contributed by atoms with Crippen LogP contribution in [0.5, 0.6) is 0 Å². The first-order valence-corrected chi connectivity index (χ1v) is 6.47.